The molecule has 0 radical (unpaired) electrons. The second kappa shape index (κ2) is 5.82. The van der Waals surface area contributed by atoms with E-state index in [1.165, 1.54) is 25.3 Å². The SMILES string of the molecule is COc1ccc(Nc2nc(Cl)c(Cl)cc2Cl)cc1F. The molecule has 0 aliphatic rings. The van der Waals surface area contributed by atoms with Gasteiger partial charge in [-0.25, -0.2) is 9.37 Å². The fourth-order valence-corrected chi connectivity index (χ4v) is 1.96. The molecule has 7 heteroatoms. The van der Waals surface area contributed by atoms with Gasteiger partial charge in [0.2, 0.25) is 0 Å². The molecule has 1 aromatic heterocycles. The van der Waals surface area contributed by atoms with Crippen molar-refractivity contribution in [3.63, 3.8) is 0 Å². The van der Waals surface area contributed by atoms with Gasteiger partial charge in [-0.2, -0.15) is 0 Å². The van der Waals surface area contributed by atoms with Crippen LogP contribution in [0, 0.1) is 5.82 Å². The zero-order chi connectivity index (χ0) is 14.0. The van der Waals surface area contributed by atoms with Gasteiger partial charge in [0.1, 0.15) is 5.15 Å². The third-order valence-corrected chi connectivity index (χ3v) is 3.26. The molecule has 0 aliphatic heterocycles. The Morgan fingerprint density at radius 1 is 1.16 bits per heavy atom. The number of hydrogen-bond donors (Lipinski definition) is 1. The first-order valence-electron chi connectivity index (χ1n) is 5.13. The summed E-state index contributed by atoms with van der Waals surface area (Å²) in [5, 5.41) is 3.50. The number of anilines is 2. The highest BCUT2D eigenvalue weighted by Crippen LogP contribution is 2.31. The summed E-state index contributed by atoms with van der Waals surface area (Å²) in [7, 11) is 1.39. The van der Waals surface area contributed by atoms with Gasteiger partial charge in [-0.15, -0.1) is 0 Å². The number of nitrogens with zero attached hydrogens (tertiary/aromatic N) is 1. The van der Waals surface area contributed by atoms with E-state index in [2.05, 4.69) is 10.3 Å². The first-order valence-corrected chi connectivity index (χ1v) is 6.26. The van der Waals surface area contributed by atoms with Gasteiger partial charge in [-0.3, -0.25) is 0 Å². The van der Waals surface area contributed by atoms with Crippen LogP contribution in [-0.4, -0.2) is 12.1 Å². The molecular weight excluding hydrogens is 314 g/mol. The van der Waals surface area contributed by atoms with Gasteiger partial charge in [0.25, 0.3) is 0 Å². The summed E-state index contributed by atoms with van der Waals surface area (Å²) < 4.78 is 18.4. The molecule has 2 rings (SSSR count). The minimum absolute atomic E-state index is 0.113. The molecule has 0 spiro atoms. The van der Waals surface area contributed by atoms with Gasteiger partial charge in [-0.1, -0.05) is 34.8 Å². The lowest BCUT2D eigenvalue weighted by Crippen LogP contribution is -1.97. The van der Waals surface area contributed by atoms with Crippen LogP contribution in [0.5, 0.6) is 5.75 Å². The number of aromatic nitrogens is 1. The first kappa shape index (κ1) is 14.2. The molecule has 3 nitrogen and oxygen atoms in total. The Hall–Kier alpha value is -1.23. The predicted molar refractivity (Wildman–Crippen MR) is 75.5 cm³/mol. The zero-order valence-electron chi connectivity index (χ0n) is 9.68. The largest absolute Gasteiger partial charge is 0.494 e. The summed E-state index contributed by atoms with van der Waals surface area (Å²) in [6, 6.07) is 5.84. The third kappa shape index (κ3) is 3.21. The van der Waals surface area contributed by atoms with Crippen LogP contribution in [0.1, 0.15) is 0 Å². The van der Waals surface area contributed by atoms with Crippen LogP contribution in [0.4, 0.5) is 15.9 Å². The van der Waals surface area contributed by atoms with Gasteiger partial charge in [0.05, 0.1) is 17.2 Å². The molecule has 0 aliphatic carbocycles. The van der Waals surface area contributed by atoms with Crippen molar-refractivity contribution in [3.8, 4) is 5.75 Å². The second-order valence-electron chi connectivity index (χ2n) is 3.57. The van der Waals surface area contributed by atoms with E-state index in [0.717, 1.165) is 0 Å². The number of methoxy groups -OCH3 is 1. The molecule has 0 unspecified atom stereocenters. The first-order chi connectivity index (χ1) is 9.01. The van der Waals surface area contributed by atoms with Crippen molar-refractivity contribution in [2.45, 2.75) is 0 Å². The average Bonchev–Trinajstić information content (AvgIpc) is 2.36. The van der Waals surface area contributed by atoms with Gasteiger partial charge in [0, 0.05) is 11.8 Å². The number of rotatable bonds is 3. The standard InChI is InChI=1S/C12H8Cl3FN2O/c1-19-10-3-2-6(4-9(10)16)17-12-8(14)5-7(13)11(15)18-12/h2-5H,1H3,(H,17,18). The van der Waals surface area contributed by atoms with Crippen molar-refractivity contribution in [1.82, 2.24) is 4.98 Å². The van der Waals surface area contributed by atoms with E-state index in [1.54, 1.807) is 6.07 Å². The van der Waals surface area contributed by atoms with Crippen LogP contribution in [0.25, 0.3) is 0 Å². The maximum absolute atomic E-state index is 13.5. The van der Waals surface area contributed by atoms with Crippen molar-refractivity contribution in [2.24, 2.45) is 0 Å². The fraction of sp³-hybridized carbons (Fsp3) is 0.0833. The number of nitrogens with one attached hydrogen (secondary N) is 1. The monoisotopic (exact) mass is 320 g/mol. The van der Waals surface area contributed by atoms with E-state index in [-0.39, 0.29) is 20.9 Å². The van der Waals surface area contributed by atoms with Crippen molar-refractivity contribution in [2.75, 3.05) is 12.4 Å². The van der Waals surface area contributed by atoms with E-state index in [1.807, 2.05) is 0 Å². The predicted octanol–water partition coefficient (Wildman–Crippen LogP) is 4.93. The molecule has 19 heavy (non-hydrogen) atoms. The lowest BCUT2D eigenvalue weighted by atomic mass is 10.3. The van der Waals surface area contributed by atoms with Crippen LogP contribution in [0.3, 0.4) is 0 Å². The van der Waals surface area contributed by atoms with Gasteiger partial charge < -0.3 is 10.1 Å². The summed E-state index contributed by atoms with van der Waals surface area (Å²) in [5.41, 5.74) is 0.464. The zero-order valence-corrected chi connectivity index (χ0v) is 11.9. The highest BCUT2D eigenvalue weighted by Gasteiger charge is 2.09. The Bertz CT molecular complexity index is 622. The summed E-state index contributed by atoms with van der Waals surface area (Å²) >= 11 is 17.5. The highest BCUT2D eigenvalue weighted by atomic mass is 35.5. The van der Waals surface area contributed by atoms with Crippen LogP contribution in [-0.2, 0) is 0 Å². The Kier molecular flexibility index (Phi) is 4.34. The molecule has 2 aromatic rings. The molecular formula is C12H8Cl3FN2O. The summed E-state index contributed by atoms with van der Waals surface area (Å²) in [4.78, 5) is 3.98. The molecule has 1 heterocycles. The molecule has 0 saturated heterocycles. The van der Waals surface area contributed by atoms with Crippen LogP contribution >= 0.6 is 34.8 Å². The van der Waals surface area contributed by atoms with E-state index in [4.69, 9.17) is 39.5 Å². The Morgan fingerprint density at radius 2 is 1.89 bits per heavy atom. The van der Waals surface area contributed by atoms with Crippen molar-refractivity contribution < 1.29 is 9.13 Å². The molecule has 1 N–H and O–H groups in total. The van der Waals surface area contributed by atoms with Crippen LogP contribution < -0.4 is 10.1 Å². The molecule has 1 aromatic carbocycles. The number of halogens is 4. The molecule has 0 amide bonds. The quantitative estimate of drug-likeness (QED) is 0.814. The average molecular weight is 322 g/mol. The van der Waals surface area contributed by atoms with Crippen molar-refractivity contribution in [1.29, 1.82) is 0 Å². The Balaban J connectivity index is 2.31. The topological polar surface area (TPSA) is 34.1 Å². The van der Waals surface area contributed by atoms with Gasteiger partial charge in [0.15, 0.2) is 17.4 Å². The van der Waals surface area contributed by atoms with Gasteiger partial charge in [-0.05, 0) is 18.2 Å². The second-order valence-corrected chi connectivity index (χ2v) is 4.74. The summed E-state index contributed by atoms with van der Waals surface area (Å²) in [6.45, 7) is 0. The fourth-order valence-electron chi connectivity index (χ4n) is 1.41. The maximum atomic E-state index is 13.5. The summed E-state index contributed by atoms with van der Waals surface area (Å²) in [6.07, 6.45) is 0. The molecule has 0 bridgehead atoms. The van der Waals surface area contributed by atoms with Crippen LogP contribution in [0.15, 0.2) is 24.3 Å². The number of pyridine rings is 1. The van der Waals surface area contributed by atoms with E-state index in [0.29, 0.717) is 11.5 Å². The maximum Gasteiger partial charge on any atom is 0.167 e. The molecule has 0 saturated carbocycles. The Morgan fingerprint density at radius 3 is 2.53 bits per heavy atom. The minimum Gasteiger partial charge on any atom is -0.494 e. The molecule has 0 fully saturated rings. The van der Waals surface area contributed by atoms with E-state index in [9.17, 15) is 4.39 Å². The smallest absolute Gasteiger partial charge is 0.167 e. The number of ether oxygens (including phenoxy) is 1. The molecule has 100 valence electrons. The van der Waals surface area contributed by atoms with Crippen LogP contribution in [0.2, 0.25) is 15.2 Å². The van der Waals surface area contributed by atoms with Crippen molar-refractivity contribution >= 4 is 46.3 Å². The highest BCUT2D eigenvalue weighted by molar-refractivity contribution is 6.43. The summed E-state index contributed by atoms with van der Waals surface area (Å²) in [5.74, 6) is -0.0527. The van der Waals surface area contributed by atoms with E-state index >= 15 is 0 Å². The number of hydrogen-bond acceptors (Lipinski definition) is 3. The number of benzene rings is 1. The van der Waals surface area contributed by atoms with Gasteiger partial charge >= 0.3 is 0 Å². The Labute approximate surface area is 124 Å². The normalized spacial score (nSPS) is 10.4. The van der Waals surface area contributed by atoms with Crippen molar-refractivity contribution in [3.05, 3.63) is 45.3 Å². The van der Waals surface area contributed by atoms with E-state index < -0.39 is 5.82 Å². The third-order valence-electron chi connectivity index (χ3n) is 2.30. The molecule has 0 atom stereocenters. The minimum atomic E-state index is -0.497. The lowest BCUT2D eigenvalue weighted by Gasteiger charge is -2.10. The lowest BCUT2D eigenvalue weighted by molar-refractivity contribution is 0.386.